The second-order valence-electron chi connectivity index (χ2n) is 6.22. The van der Waals surface area contributed by atoms with Crippen LogP contribution in [0.5, 0.6) is 0 Å². The lowest BCUT2D eigenvalue weighted by Gasteiger charge is -2.38. The monoisotopic (exact) mass is 244 g/mol. The van der Waals surface area contributed by atoms with Crippen LogP contribution in [-0.4, -0.2) is 42.2 Å². The first-order valence-corrected chi connectivity index (χ1v) is 6.41. The van der Waals surface area contributed by atoms with Gasteiger partial charge in [0.2, 0.25) is 5.91 Å². The maximum absolute atomic E-state index is 14.0. The molecule has 1 saturated heterocycles. The molecule has 2 atom stereocenters. The molecule has 0 aromatic rings. The van der Waals surface area contributed by atoms with Crippen molar-refractivity contribution in [2.24, 2.45) is 5.41 Å². The summed E-state index contributed by atoms with van der Waals surface area (Å²) in [7, 11) is 0. The van der Waals surface area contributed by atoms with Crippen LogP contribution in [0.25, 0.3) is 0 Å². The molecule has 0 aliphatic carbocycles. The Hall–Kier alpha value is -0.640. The molecule has 0 radical (unpaired) electrons. The van der Waals surface area contributed by atoms with E-state index in [-0.39, 0.29) is 11.9 Å². The van der Waals surface area contributed by atoms with E-state index in [1.807, 2.05) is 20.8 Å². The van der Waals surface area contributed by atoms with E-state index in [9.17, 15) is 9.18 Å². The van der Waals surface area contributed by atoms with Crippen molar-refractivity contribution >= 4 is 5.91 Å². The van der Waals surface area contributed by atoms with Gasteiger partial charge in [-0.2, -0.15) is 0 Å². The van der Waals surface area contributed by atoms with Gasteiger partial charge in [0.1, 0.15) is 6.17 Å². The van der Waals surface area contributed by atoms with Crippen LogP contribution >= 0.6 is 0 Å². The van der Waals surface area contributed by atoms with E-state index in [4.69, 9.17) is 0 Å². The average Bonchev–Trinajstić information content (AvgIpc) is 2.19. The van der Waals surface area contributed by atoms with E-state index < -0.39 is 11.6 Å². The minimum Gasteiger partial charge on any atom is -0.350 e. The number of hydrogen-bond acceptors (Lipinski definition) is 2. The molecule has 0 spiro atoms. The number of hydrogen-bond donors (Lipinski definition) is 1. The van der Waals surface area contributed by atoms with Crippen molar-refractivity contribution in [3.63, 3.8) is 0 Å². The van der Waals surface area contributed by atoms with Crippen molar-refractivity contribution < 1.29 is 9.18 Å². The van der Waals surface area contributed by atoms with Crippen LogP contribution in [-0.2, 0) is 4.79 Å². The van der Waals surface area contributed by atoms with Crippen molar-refractivity contribution in [3.8, 4) is 0 Å². The molecule has 0 bridgehead atoms. The van der Waals surface area contributed by atoms with Crippen LogP contribution in [0, 0.1) is 5.41 Å². The summed E-state index contributed by atoms with van der Waals surface area (Å²) in [6, 6.07) is 0.0456. The number of piperidine rings is 1. The van der Waals surface area contributed by atoms with Gasteiger partial charge in [-0.1, -0.05) is 20.8 Å². The van der Waals surface area contributed by atoms with E-state index in [0.717, 1.165) is 6.54 Å². The second kappa shape index (κ2) is 5.34. The highest BCUT2D eigenvalue weighted by Gasteiger charge is 2.33. The largest absolute Gasteiger partial charge is 0.350 e. The van der Waals surface area contributed by atoms with E-state index in [2.05, 4.69) is 24.1 Å². The lowest BCUT2D eigenvalue weighted by atomic mass is 9.93. The molecule has 1 rings (SSSR count). The molecule has 0 aromatic heterocycles. The number of carbonyl (C=O) groups is 1. The predicted octanol–water partition coefficient (Wildman–Crippen LogP) is 1.97. The van der Waals surface area contributed by atoms with Gasteiger partial charge in [0.15, 0.2) is 0 Å². The fourth-order valence-electron chi connectivity index (χ4n) is 1.94. The van der Waals surface area contributed by atoms with E-state index >= 15 is 0 Å². The molecule has 0 saturated carbocycles. The summed E-state index contributed by atoms with van der Waals surface area (Å²) in [5.74, 6) is -0.0665. The van der Waals surface area contributed by atoms with Crippen LogP contribution in [0.4, 0.5) is 4.39 Å². The van der Waals surface area contributed by atoms with Crippen molar-refractivity contribution in [1.29, 1.82) is 0 Å². The fraction of sp³-hybridized carbons (Fsp3) is 0.923. The Morgan fingerprint density at radius 1 is 1.41 bits per heavy atom. The summed E-state index contributed by atoms with van der Waals surface area (Å²) in [5.41, 5.74) is -0.450. The molecule has 1 fully saturated rings. The molecule has 100 valence electrons. The fourth-order valence-corrected chi connectivity index (χ4v) is 1.94. The Balaban J connectivity index is 2.51. The molecule has 17 heavy (non-hydrogen) atoms. The Kier molecular flexibility index (Phi) is 4.53. The molecular formula is C13H25FN2O. The van der Waals surface area contributed by atoms with E-state index in [1.54, 1.807) is 0 Å². The van der Waals surface area contributed by atoms with Crippen LogP contribution in [0.3, 0.4) is 0 Å². The van der Waals surface area contributed by atoms with Crippen molar-refractivity contribution in [1.82, 2.24) is 10.2 Å². The van der Waals surface area contributed by atoms with Crippen LogP contribution in [0.15, 0.2) is 0 Å². The van der Waals surface area contributed by atoms with Gasteiger partial charge in [0.05, 0.1) is 6.04 Å². The third-order valence-electron chi connectivity index (χ3n) is 3.30. The first-order chi connectivity index (χ1) is 7.71. The third-order valence-corrected chi connectivity index (χ3v) is 3.30. The normalized spacial score (nSPS) is 27.2. The number of likely N-dealkylation sites (tertiary alicyclic amines) is 1. The number of halogens is 1. The minimum atomic E-state index is -0.961. The number of nitrogens with zero attached hydrogens (tertiary/aromatic N) is 1. The molecule has 0 unspecified atom stereocenters. The summed E-state index contributed by atoms with van der Waals surface area (Å²) in [6.07, 6.45) is -0.265. The van der Waals surface area contributed by atoms with Gasteiger partial charge in [-0.05, 0) is 20.3 Å². The van der Waals surface area contributed by atoms with Gasteiger partial charge in [0.25, 0.3) is 0 Å². The molecule has 1 heterocycles. The van der Waals surface area contributed by atoms with Crippen molar-refractivity contribution in [2.75, 3.05) is 13.1 Å². The molecule has 0 aromatic carbocycles. The maximum Gasteiger partial charge on any atom is 0.225 e. The van der Waals surface area contributed by atoms with Gasteiger partial charge >= 0.3 is 0 Å². The molecule has 1 amide bonds. The third kappa shape index (κ3) is 3.95. The number of carbonyl (C=O) groups excluding carboxylic acids is 1. The SMILES string of the molecule is CC(C)N1CC[C@@H](NC(=O)C(C)(C)C)[C@@H](F)C1. The highest BCUT2D eigenvalue weighted by molar-refractivity contribution is 5.81. The first kappa shape index (κ1) is 14.4. The quantitative estimate of drug-likeness (QED) is 0.805. The predicted molar refractivity (Wildman–Crippen MR) is 67.6 cm³/mol. The second-order valence-corrected chi connectivity index (χ2v) is 6.22. The van der Waals surface area contributed by atoms with Crippen LogP contribution in [0.2, 0.25) is 0 Å². The maximum atomic E-state index is 14.0. The minimum absolute atomic E-state index is 0.0665. The summed E-state index contributed by atoms with van der Waals surface area (Å²) in [5, 5.41) is 2.83. The summed E-state index contributed by atoms with van der Waals surface area (Å²) >= 11 is 0. The zero-order chi connectivity index (χ0) is 13.2. The van der Waals surface area contributed by atoms with Gasteiger partial charge in [-0.25, -0.2) is 4.39 Å². The molecule has 1 aliphatic rings. The number of nitrogens with one attached hydrogen (secondary N) is 1. The molecule has 4 heteroatoms. The zero-order valence-electron chi connectivity index (χ0n) is 11.6. The van der Waals surface area contributed by atoms with E-state index in [1.165, 1.54) is 0 Å². The van der Waals surface area contributed by atoms with Crippen molar-refractivity contribution in [2.45, 2.75) is 59.3 Å². The van der Waals surface area contributed by atoms with Crippen molar-refractivity contribution in [3.05, 3.63) is 0 Å². The Labute approximate surface area is 104 Å². The Morgan fingerprint density at radius 3 is 2.41 bits per heavy atom. The van der Waals surface area contributed by atoms with Gasteiger partial charge in [0, 0.05) is 24.5 Å². The molecule has 1 N–H and O–H groups in total. The Morgan fingerprint density at radius 2 is 2.00 bits per heavy atom. The van der Waals surface area contributed by atoms with Crippen LogP contribution < -0.4 is 5.32 Å². The van der Waals surface area contributed by atoms with Gasteiger partial charge in [-0.3, -0.25) is 9.69 Å². The smallest absolute Gasteiger partial charge is 0.225 e. The molecule has 3 nitrogen and oxygen atoms in total. The summed E-state index contributed by atoms with van der Waals surface area (Å²) in [6.45, 7) is 11.0. The van der Waals surface area contributed by atoms with Crippen LogP contribution in [0.1, 0.15) is 41.0 Å². The Bertz CT molecular complexity index is 273. The zero-order valence-corrected chi connectivity index (χ0v) is 11.6. The van der Waals surface area contributed by atoms with E-state index in [0.29, 0.717) is 19.0 Å². The number of alkyl halides is 1. The first-order valence-electron chi connectivity index (χ1n) is 6.41. The molecular weight excluding hydrogens is 219 g/mol. The topological polar surface area (TPSA) is 32.3 Å². The molecule has 1 aliphatic heterocycles. The summed E-state index contributed by atoms with van der Waals surface area (Å²) in [4.78, 5) is 13.9. The number of amides is 1. The standard InChI is InChI=1S/C13H25FN2O/c1-9(2)16-7-6-11(10(14)8-16)15-12(17)13(3,4)5/h9-11H,6-8H2,1-5H3,(H,15,17)/t10-,11+/m0/s1. The average molecular weight is 244 g/mol. The highest BCUT2D eigenvalue weighted by atomic mass is 19.1. The van der Waals surface area contributed by atoms with Gasteiger partial charge < -0.3 is 5.32 Å². The number of rotatable bonds is 2. The highest BCUT2D eigenvalue weighted by Crippen LogP contribution is 2.19. The lowest BCUT2D eigenvalue weighted by molar-refractivity contribution is -0.130. The van der Waals surface area contributed by atoms with Gasteiger partial charge in [-0.15, -0.1) is 0 Å². The summed E-state index contributed by atoms with van der Waals surface area (Å²) < 4.78 is 14.0. The lowest BCUT2D eigenvalue weighted by Crippen LogP contribution is -2.55.